The van der Waals surface area contributed by atoms with E-state index in [1.165, 1.54) is 11.1 Å². The maximum absolute atomic E-state index is 5.75. The third kappa shape index (κ3) is 3.58. The summed E-state index contributed by atoms with van der Waals surface area (Å²) in [5.41, 5.74) is 8.44. The van der Waals surface area contributed by atoms with E-state index in [-0.39, 0.29) is 9.46 Å². The maximum atomic E-state index is 5.75. The van der Waals surface area contributed by atoms with Gasteiger partial charge in [-0.05, 0) is 38.3 Å². The fourth-order valence-corrected chi connectivity index (χ4v) is 1.77. The molecule has 0 aliphatic rings. The van der Waals surface area contributed by atoms with Crippen LogP contribution in [-0.4, -0.2) is 6.04 Å². The molecular formula is C12H18IN. The van der Waals surface area contributed by atoms with Crippen LogP contribution in [-0.2, 0) is 9.84 Å². The van der Waals surface area contributed by atoms with Gasteiger partial charge >= 0.3 is 0 Å². The molecule has 1 aromatic carbocycles. The van der Waals surface area contributed by atoms with Crippen LogP contribution >= 0.6 is 22.6 Å². The van der Waals surface area contributed by atoms with Gasteiger partial charge in [0.15, 0.2) is 0 Å². The first-order valence-electron chi connectivity index (χ1n) is 4.93. The fraction of sp³-hybridized carbons (Fsp3) is 0.500. The fourth-order valence-electron chi connectivity index (χ4n) is 1.41. The molecule has 2 heteroatoms. The van der Waals surface area contributed by atoms with Gasteiger partial charge in [-0.25, -0.2) is 0 Å². The van der Waals surface area contributed by atoms with Gasteiger partial charge in [0.2, 0.25) is 0 Å². The Morgan fingerprint density at radius 2 is 1.79 bits per heavy atom. The van der Waals surface area contributed by atoms with Crippen molar-refractivity contribution in [3.63, 3.8) is 0 Å². The highest BCUT2D eigenvalue weighted by Gasteiger charge is 2.14. The molecule has 0 saturated heterocycles. The normalized spacial score (nSPS) is 14.1. The van der Waals surface area contributed by atoms with Gasteiger partial charge in [0, 0.05) is 9.46 Å². The number of rotatable bonds is 3. The Morgan fingerprint density at radius 3 is 2.14 bits per heavy atom. The first-order chi connectivity index (χ1) is 6.39. The topological polar surface area (TPSA) is 26.0 Å². The highest BCUT2D eigenvalue weighted by atomic mass is 127. The van der Waals surface area contributed by atoms with E-state index in [4.69, 9.17) is 5.73 Å². The molecule has 0 radical (unpaired) electrons. The predicted octanol–water partition coefficient (Wildman–Crippen LogP) is 3.25. The summed E-state index contributed by atoms with van der Waals surface area (Å²) in [5, 5.41) is 0. The van der Waals surface area contributed by atoms with Crippen molar-refractivity contribution in [2.24, 2.45) is 5.73 Å². The van der Waals surface area contributed by atoms with E-state index in [1.54, 1.807) is 0 Å². The minimum absolute atomic E-state index is 0.213. The Kier molecular flexibility index (Phi) is 3.95. The van der Waals surface area contributed by atoms with Crippen LogP contribution in [0.3, 0.4) is 0 Å². The molecule has 0 saturated carbocycles. The molecule has 1 atom stereocenters. The minimum Gasteiger partial charge on any atom is -0.328 e. The van der Waals surface area contributed by atoms with Gasteiger partial charge in [0.1, 0.15) is 0 Å². The summed E-state index contributed by atoms with van der Waals surface area (Å²) < 4.78 is 0.213. The molecule has 0 spiro atoms. The second-order valence-electron chi connectivity index (χ2n) is 4.35. The van der Waals surface area contributed by atoms with Gasteiger partial charge in [-0.1, -0.05) is 46.9 Å². The van der Waals surface area contributed by atoms with E-state index in [0.29, 0.717) is 0 Å². The molecule has 0 aliphatic heterocycles. The van der Waals surface area contributed by atoms with Gasteiger partial charge in [-0.15, -0.1) is 0 Å². The highest BCUT2D eigenvalue weighted by Crippen LogP contribution is 2.30. The van der Waals surface area contributed by atoms with Crippen LogP contribution in [0.1, 0.15) is 31.9 Å². The number of halogens is 1. The van der Waals surface area contributed by atoms with Gasteiger partial charge in [-0.3, -0.25) is 0 Å². The van der Waals surface area contributed by atoms with E-state index < -0.39 is 0 Å². The standard InChI is InChI=1S/C12H18IN/c1-9(14)8-10-4-6-11(7-5-10)12(2,3)13/h4-7,9H,8,14H2,1-3H3. The van der Waals surface area contributed by atoms with Crippen molar-refractivity contribution in [2.45, 2.75) is 36.7 Å². The molecular weight excluding hydrogens is 285 g/mol. The third-order valence-electron chi connectivity index (χ3n) is 2.20. The summed E-state index contributed by atoms with van der Waals surface area (Å²) >= 11 is 2.45. The number of nitrogens with two attached hydrogens (primary N) is 1. The van der Waals surface area contributed by atoms with Crippen LogP contribution in [0.4, 0.5) is 0 Å². The summed E-state index contributed by atoms with van der Waals surface area (Å²) in [7, 11) is 0. The van der Waals surface area contributed by atoms with Crippen molar-refractivity contribution in [1.82, 2.24) is 0 Å². The predicted molar refractivity (Wildman–Crippen MR) is 70.8 cm³/mol. The van der Waals surface area contributed by atoms with Crippen LogP contribution in [0, 0.1) is 0 Å². The molecule has 0 bridgehead atoms. The molecule has 2 N–H and O–H groups in total. The monoisotopic (exact) mass is 303 g/mol. The average Bonchev–Trinajstić information content (AvgIpc) is 2.02. The Morgan fingerprint density at radius 1 is 1.29 bits per heavy atom. The van der Waals surface area contributed by atoms with Crippen molar-refractivity contribution < 1.29 is 0 Å². The Hall–Kier alpha value is -0.0900. The SMILES string of the molecule is CC(N)Cc1ccc(C(C)(C)I)cc1. The van der Waals surface area contributed by atoms with Gasteiger partial charge in [0.05, 0.1) is 0 Å². The molecule has 1 nitrogen and oxygen atoms in total. The largest absolute Gasteiger partial charge is 0.328 e. The van der Waals surface area contributed by atoms with Crippen LogP contribution in [0.5, 0.6) is 0 Å². The lowest BCUT2D eigenvalue weighted by atomic mass is 9.99. The van der Waals surface area contributed by atoms with Crippen molar-refractivity contribution in [2.75, 3.05) is 0 Å². The van der Waals surface area contributed by atoms with Gasteiger partial charge in [0.25, 0.3) is 0 Å². The van der Waals surface area contributed by atoms with E-state index in [1.807, 2.05) is 6.92 Å². The first-order valence-corrected chi connectivity index (χ1v) is 6.01. The zero-order chi connectivity index (χ0) is 10.8. The first kappa shape index (κ1) is 12.0. The van der Waals surface area contributed by atoms with E-state index in [2.05, 4.69) is 60.7 Å². The van der Waals surface area contributed by atoms with Gasteiger partial charge < -0.3 is 5.73 Å². The zero-order valence-electron chi connectivity index (χ0n) is 9.05. The quantitative estimate of drug-likeness (QED) is 0.673. The van der Waals surface area contributed by atoms with Crippen LogP contribution in [0.2, 0.25) is 0 Å². The number of hydrogen-bond donors (Lipinski definition) is 1. The van der Waals surface area contributed by atoms with E-state index in [9.17, 15) is 0 Å². The molecule has 0 aromatic heterocycles. The van der Waals surface area contributed by atoms with E-state index >= 15 is 0 Å². The van der Waals surface area contributed by atoms with Crippen LogP contribution in [0.25, 0.3) is 0 Å². The lowest BCUT2D eigenvalue weighted by Gasteiger charge is -2.17. The molecule has 0 fully saturated rings. The Bertz CT molecular complexity index is 282. The molecule has 1 unspecified atom stereocenters. The lowest BCUT2D eigenvalue weighted by Crippen LogP contribution is -2.17. The highest BCUT2D eigenvalue weighted by molar-refractivity contribution is 14.1. The molecule has 1 rings (SSSR count). The minimum atomic E-state index is 0.213. The smallest absolute Gasteiger partial charge is 0.0414 e. The zero-order valence-corrected chi connectivity index (χ0v) is 11.2. The average molecular weight is 303 g/mol. The molecule has 1 aromatic rings. The molecule has 0 heterocycles. The summed E-state index contributed by atoms with van der Waals surface area (Å²) in [6.45, 7) is 6.47. The maximum Gasteiger partial charge on any atom is 0.0414 e. The molecule has 14 heavy (non-hydrogen) atoms. The molecule has 0 amide bonds. The molecule has 78 valence electrons. The van der Waals surface area contributed by atoms with Crippen LogP contribution in [0.15, 0.2) is 24.3 Å². The number of alkyl halides is 1. The Labute approximate surface area is 100 Å². The van der Waals surface area contributed by atoms with Crippen molar-refractivity contribution in [3.05, 3.63) is 35.4 Å². The second kappa shape index (κ2) is 4.62. The number of benzene rings is 1. The molecule has 0 aliphatic carbocycles. The number of hydrogen-bond acceptors (Lipinski definition) is 1. The summed E-state index contributed by atoms with van der Waals surface area (Å²) in [5.74, 6) is 0. The van der Waals surface area contributed by atoms with Crippen molar-refractivity contribution in [1.29, 1.82) is 0 Å². The lowest BCUT2D eigenvalue weighted by molar-refractivity contribution is 0.736. The van der Waals surface area contributed by atoms with Crippen molar-refractivity contribution in [3.8, 4) is 0 Å². The summed E-state index contributed by atoms with van der Waals surface area (Å²) in [6, 6.07) is 9.00. The summed E-state index contributed by atoms with van der Waals surface area (Å²) in [6.07, 6.45) is 0.960. The Balaban J connectivity index is 2.79. The third-order valence-corrected chi connectivity index (χ3v) is 2.82. The second-order valence-corrected chi connectivity index (χ2v) is 7.05. The van der Waals surface area contributed by atoms with Crippen molar-refractivity contribution >= 4 is 22.6 Å². The van der Waals surface area contributed by atoms with E-state index in [0.717, 1.165) is 6.42 Å². The van der Waals surface area contributed by atoms with Gasteiger partial charge in [-0.2, -0.15) is 0 Å². The van der Waals surface area contributed by atoms with Crippen LogP contribution < -0.4 is 5.73 Å². The summed E-state index contributed by atoms with van der Waals surface area (Å²) in [4.78, 5) is 0.